The number of ether oxygens (including phenoxy) is 2. The molecule has 0 aromatic heterocycles. The first-order chi connectivity index (χ1) is 11.0. The van der Waals surface area contributed by atoms with Crippen LogP contribution in [-0.2, 0) is 16.0 Å². The highest BCUT2D eigenvalue weighted by molar-refractivity contribution is 5.97. The van der Waals surface area contributed by atoms with Crippen molar-refractivity contribution >= 4 is 11.8 Å². The molecule has 5 heteroatoms. The predicted molar refractivity (Wildman–Crippen MR) is 88.1 cm³/mol. The zero-order valence-electron chi connectivity index (χ0n) is 14.2. The first-order valence-electron chi connectivity index (χ1n) is 8.15. The second-order valence-corrected chi connectivity index (χ2v) is 5.36. The summed E-state index contributed by atoms with van der Waals surface area (Å²) in [5.74, 6) is 0.318. The number of benzene rings is 1. The number of hydrogen-bond acceptors (Lipinski definition) is 5. The van der Waals surface area contributed by atoms with Gasteiger partial charge in [0.1, 0.15) is 11.5 Å². The van der Waals surface area contributed by atoms with Gasteiger partial charge in [-0.15, -0.1) is 0 Å². The van der Waals surface area contributed by atoms with Crippen LogP contribution in [0.25, 0.3) is 0 Å². The van der Waals surface area contributed by atoms with Gasteiger partial charge in [-0.25, -0.2) is 0 Å². The number of carbonyl (C=O) groups is 2. The summed E-state index contributed by atoms with van der Waals surface area (Å²) in [7, 11) is 0. The summed E-state index contributed by atoms with van der Waals surface area (Å²) in [6, 6.07) is 3.13. The number of phenols is 1. The maximum absolute atomic E-state index is 11.8. The van der Waals surface area contributed by atoms with Crippen molar-refractivity contribution in [2.24, 2.45) is 0 Å². The Morgan fingerprint density at radius 1 is 1.17 bits per heavy atom. The van der Waals surface area contributed by atoms with Crippen LogP contribution in [0.4, 0.5) is 0 Å². The Morgan fingerprint density at radius 3 is 2.52 bits per heavy atom. The number of rotatable bonds is 10. The van der Waals surface area contributed by atoms with E-state index in [1.54, 1.807) is 13.0 Å². The molecule has 0 amide bonds. The van der Waals surface area contributed by atoms with Gasteiger partial charge in [0.25, 0.3) is 0 Å². The number of carbonyl (C=O) groups excluding carboxylic acids is 2. The maximum Gasteiger partial charge on any atom is 0.305 e. The lowest BCUT2D eigenvalue weighted by Crippen LogP contribution is -2.08. The molecule has 0 radical (unpaired) electrons. The molecule has 1 aromatic rings. The van der Waals surface area contributed by atoms with E-state index in [4.69, 9.17) is 9.47 Å². The molecule has 0 spiro atoms. The lowest BCUT2D eigenvalue weighted by molar-refractivity contribution is -0.143. The molecule has 0 unspecified atom stereocenters. The van der Waals surface area contributed by atoms with Gasteiger partial charge < -0.3 is 14.6 Å². The number of ketones is 1. The molecule has 23 heavy (non-hydrogen) atoms. The molecule has 0 bridgehead atoms. The molecule has 0 fully saturated rings. The van der Waals surface area contributed by atoms with E-state index in [0.29, 0.717) is 55.8 Å². The zero-order chi connectivity index (χ0) is 17.2. The monoisotopic (exact) mass is 322 g/mol. The molecule has 0 aliphatic heterocycles. The molecular weight excluding hydrogens is 296 g/mol. The third-order valence-corrected chi connectivity index (χ3v) is 3.44. The van der Waals surface area contributed by atoms with Crippen molar-refractivity contribution in [2.45, 2.75) is 52.9 Å². The molecule has 0 saturated carbocycles. The summed E-state index contributed by atoms with van der Waals surface area (Å²) in [4.78, 5) is 23.0. The molecule has 0 heterocycles. The SMILES string of the molecule is CCCc1c(O)ccc(C(C)=O)c1OCCCCC(=O)OCC. The Kier molecular flexibility index (Phi) is 8.16. The van der Waals surface area contributed by atoms with Gasteiger partial charge in [-0.05, 0) is 45.2 Å². The zero-order valence-corrected chi connectivity index (χ0v) is 14.2. The lowest BCUT2D eigenvalue weighted by atomic mass is 10.0. The van der Waals surface area contributed by atoms with Crippen LogP contribution in [0.15, 0.2) is 12.1 Å². The smallest absolute Gasteiger partial charge is 0.305 e. The first kappa shape index (κ1) is 19.0. The van der Waals surface area contributed by atoms with E-state index in [9.17, 15) is 14.7 Å². The number of esters is 1. The van der Waals surface area contributed by atoms with Gasteiger partial charge in [0.15, 0.2) is 5.78 Å². The minimum atomic E-state index is -0.207. The summed E-state index contributed by atoms with van der Waals surface area (Å²) >= 11 is 0. The standard InChI is InChI=1S/C18H26O5/c1-4-8-15-16(20)11-10-14(13(3)19)18(15)23-12-7-6-9-17(21)22-5-2/h10-11,20H,4-9,12H2,1-3H3. The third-order valence-electron chi connectivity index (χ3n) is 3.44. The van der Waals surface area contributed by atoms with Crippen LogP contribution in [0.1, 0.15) is 62.4 Å². The quantitative estimate of drug-likeness (QED) is 0.404. The molecule has 0 saturated heterocycles. The molecule has 1 aromatic carbocycles. The highest BCUT2D eigenvalue weighted by Gasteiger charge is 2.16. The topological polar surface area (TPSA) is 72.8 Å². The van der Waals surface area contributed by atoms with Crippen molar-refractivity contribution in [3.05, 3.63) is 23.3 Å². The van der Waals surface area contributed by atoms with Gasteiger partial charge in [-0.1, -0.05) is 13.3 Å². The normalized spacial score (nSPS) is 10.4. The van der Waals surface area contributed by atoms with E-state index >= 15 is 0 Å². The van der Waals surface area contributed by atoms with E-state index in [1.807, 2.05) is 6.92 Å². The van der Waals surface area contributed by atoms with Crippen molar-refractivity contribution in [2.75, 3.05) is 13.2 Å². The van der Waals surface area contributed by atoms with E-state index in [1.165, 1.54) is 13.0 Å². The van der Waals surface area contributed by atoms with E-state index in [2.05, 4.69) is 0 Å². The van der Waals surface area contributed by atoms with Crippen LogP contribution < -0.4 is 4.74 Å². The van der Waals surface area contributed by atoms with Crippen LogP contribution in [0.5, 0.6) is 11.5 Å². The molecule has 1 N–H and O–H groups in total. The summed E-state index contributed by atoms with van der Waals surface area (Å²) in [6.45, 7) is 6.04. The Morgan fingerprint density at radius 2 is 1.91 bits per heavy atom. The fourth-order valence-corrected chi connectivity index (χ4v) is 2.33. The molecule has 5 nitrogen and oxygen atoms in total. The van der Waals surface area contributed by atoms with Crippen LogP contribution in [0, 0.1) is 0 Å². The molecular formula is C18H26O5. The Balaban J connectivity index is 2.68. The van der Waals surface area contributed by atoms with Crippen LogP contribution in [0.2, 0.25) is 0 Å². The van der Waals surface area contributed by atoms with E-state index in [0.717, 1.165) is 6.42 Å². The molecule has 128 valence electrons. The van der Waals surface area contributed by atoms with Gasteiger partial charge in [0.2, 0.25) is 0 Å². The minimum absolute atomic E-state index is 0.0936. The average Bonchev–Trinajstić information content (AvgIpc) is 2.50. The third kappa shape index (κ3) is 5.93. The van der Waals surface area contributed by atoms with Gasteiger partial charge in [0.05, 0.1) is 18.8 Å². The average molecular weight is 322 g/mol. The Labute approximate surface area is 137 Å². The number of unbranched alkanes of at least 4 members (excludes halogenated alkanes) is 1. The van der Waals surface area contributed by atoms with Gasteiger partial charge >= 0.3 is 5.97 Å². The number of aromatic hydroxyl groups is 1. The fourth-order valence-electron chi connectivity index (χ4n) is 2.33. The second kappa shape index (κ2) is 9.87. The first-order valence-corrected chi connectivity index (χ1v) is 8.15. The molecule has 0 atom stereocenters. The van der Waals surface area contributed by atoms with E-state index < -0.39 is 0 Å². The van der Waals surface area contributed by atoms with Crippen LogP contribution in [-0.4, -0.2) is 30.1 Å². The van der Waals surface area contributed by atoms with Gasteiger partial charge in [-0.3, -0.25) is 9.59 Å². The molecule has 0 aliphatic rings. The summed E-state index contributed by atoms with van der Waals surface area (Å²) in [5.41, 5.74) is 1.15. The van der Waals surface area contributed by atoms with Crippen LogP contribution in [0.3, 0.4) is 0 Å². The fraction of sp³-hybridized carbons (Fsp3) is 0.556. The second-order valence-electron chi connectivity index (χ2n) is 5.36. The van der Waals surface area contributed by atoms with Crippen molar-refractivity contribution in [1.29, 1.82) is 0 Å². The van der Waals surface area contributed by atoms with Crippen molar-refractivity contribution in [3.63, 3.8) is 0 Å². The van der Waals surface area contributed by atoms with Crippen molar-refractivity contribution in [1.82, 2.24) is 0 Å². The Hall–Kier alpha value is -2.04. The van der Waals surface area contributed by atoms with Gasteiger partial charge in [-0.2, -0.15) is 0 Å². The summed E-state index contributed by atoms with van der Waals surface area (Å²) < 4.78 is 10.6. The van der Waals surface area contributed by atoms with Crippen LogP contribution >= 0.6 is 0 Å². The molecule has 1 rings (SSSR count). The largest absolute Gasteiger partial charge is 0.508 e. The Bertz CT molecular complexity index is 536. The summed E-state index contributed by atoms with van der Waals surface area (Å²) in [6.07, 6.45) is 3.19. The van der Waals surface area contributed by atoms with Crippen molar-refractivity contribution in [3.8, 4) is 11.5 Å². The lowest BCUT2D eigenvalue weighted by Gasteiger charge is -2.15. The minimum Gasteiger partial charge on any atom is -0.508 e. The van der Waals surface area contributed by atoms with Gasteiger partial charge in [0, 0.05) is 12.0 Å². The maximum atomic E-state index is 11.8. The van der Waals surface area contributed by atoms with Crippen molar-refractivity contribution < 1.29 is 24.2 Å². The van der Waals surface area contributed by atoms with E-state index in [-0.39, 0.29) is 17.5 Å². The number of Topliss-reactive ketones (excluding diaryl/α,β-unsaturated/α-hetero) is 1. The predicted octanol–water partition coefficient (Wildman–Crippen LogP) is 3.66. The highest BCUT2D eigenvalue weighted by Crippen LogP contribution is 2.33. The summed E-state index contributed by atoms with van der Waals surface area (Å²) in [5, 5.41) is 10.0. The molecule has 0 aliphatic carbocycles. The number of hydrogen-bond donors (Lipinski definition) is 1. The highest BCUT2D eigenvalue weighted by atomic mass is 16.5. The number of phenolic OH excluding ortho intramolecular Hbond substituents is 1.